The average molecular weight is 416 g/mol. The third kappa shape index (κ3) is 4.41. The van der Waals surface area contributed by atoms with Crippen molar-refractivity contribution in [2.75, 3.05) is 38.2 Å². The second-order valence-electron chi connectivity index (χ2n) is 6.30. The van der Waals surface area contributed by atoms with Crippen LogP contribution in [0.3, 0.4) is 0 Å². The molecule has 1 heterocycles. The minimum atomic E-state index is -0.293. The van der Waals surface area contributed by atoms with E-state index in [0.717, 1.165) is 5.69 Å². The fourth-order valence-corrected chi connectivity index (χ4v) is 3.80. The van der Waals surface area contributed by atoms with E-state index in [0.29, 0.717) is 47.5 Å². The topological polar surface area (TPSA) is 56.6 Å². The number of piperazine rings is 1. The largest absolute Gasteiger partial charge is 0.494 e. The first-order chi connectivity index (χ1) is 13.5. The zero-order valence-corrected chi connectivity index (χ0v) is 16.9. The minimum absolute atomic E-state index is 0.0467. The van der Waals surface area contributed by atoms with Gasteiger partial charge in [0.15, 0.2) is 5.75 Å². The summed E-state index contributed by atoms with van der Waals surface area (Å²) in [5, 5.41) is 10.1. The number of carbonyl (C=O) groups is 1. The number of methoxy groups -OCH3 is 1. The van der Waals surface area contributed by atoms with Crippen LogP contribution in [0.2, 0.25) is 10.0 Å². The van der Waals surface area contributed by atoms with Crippen LogP contribution in [0, 0.1) is 11.3 Å². The van der Waals surface area contributed by atoms with E-state index >= 15 is 0 Å². The Morgan fingerprint density at radius 3 is 2.25 bits per heavy atom. The Hall–Kier alpha value is -2.68. The van der Waals surface area contributed by atoms with Crippen molar-refractivity contribution in [1.82, 2.24) is 4.90 Å². The molecular weight excluding hydrogens is 397 g/mol. The normalized spacial score (nSPS) is 14.6. The van der Waals surface area contributed by atoms with E-state index in [1.807, 2.05) is 24.3 Å². The first-order valence-corrected chi connectivity index (χ1v) is 9.53. The highest BCUT2D eigenvalue weighted by molar-refractivity contribution is 6.37. The van der Waals surface area contributed by atoms with Crippen LogP contribution in [0.4, 0.5) is 5.69 Å². The maximum atomic E-state index is 12.8. The molecular formula is C21H19Cl2N3O2. The second kappa shape index (κ2) is 9.01. The van der Waals surface area contributed by atoms with Gasteiger partial charge in [0.25, 0.3) is 5.91 Å². The SMILES string of the molecule is COc1c(Cl)cc(/C=C(/C#N)C(=O)N2CCN(c3ccccc3)CC2)cc1Cl. The van der Waals surface area contributed by atoms with Crippen LogP contribution in [0.1, 0.15) is 5.56 Å². The fourth-order valence-electron chi connectivity index (χ4n) is 3.14. The van der Waals surface area contributed by atoms with Gasteiger partial charge in [0.2, 0.25) is 0 Å². The Bertz CT molecular complexity index is 907. The van der Waals surface area contributed by atoms with Gasteiger partial charge in [0, 0.05) is 31.9 Å². The predicted molar refractivity (Wildman–Crippen MR) is 112 cm³/mol. The third-order valence-electron chi connectivity index (χ3n) is 4.57. The van der Waals surface area contributed by atoms with Gasteiger partial charge in [-0.15, -0.1) is 0 Å². The third-order valence-corrected chi connectivity index (χ3v) is 5.14. The lowest BCUT2D eigenvalue weighted by Gasteiger charge is -2.36. The molecule has 0 saturated carbocycles. The monoisotopic (exact) mass is 415 g/mol. The number of amides is 1. The van der Waals surface area contributed by atoms with E-state index in [2.05, 4.69) is 17.0 Å². The van der Waals surface area contributed by atoms with Gasteiger partial charge >= 0.3 is 0 Å². The standard InChI is InChI=1S/C21H19Cl2N3O2/c1-28-20-18(22)12-15(13-19(20)23)11-16(14-24)21(27)26-9-7-25(8-10-26)17-5-3-2-4-6-17/h2-6,11-13H,7-10H2,1H3/b16-11-. The summed E-state index contributed by atoms with van der Waals surface area (Å²) in [4.78, 5) is 16.7. The average Bonchev–Trinajstić information content (AvgIpc) is 2.72. The number of nitriles is 1. The summed E-state index contributed by atoms with van der Waals surface area (Å²) in [6.45, 7) is 2.54. The van der Waals surface area contributed by atoms with Gasteiger partial charge in [-0.3, -0.25) is 4.79 Å². The second-order valence-corrected chi connectivity index (χ2v) is 7.12. The van der Waals surface area contributed by atoms with E-state index in [-0.39, 0.29) is 11.5 Å². The first-order valence-electron chi connectivity index (χ1n) is 8.77. The number of halogens is 2. The maximum Gasteiger partial charge on any atom is 0.264 e. The van der Waals surface area contributed by atoms with Crippen LogP contribution < -0.4 is 9.64 Å². The molecule has 1 aliphatic heterocycles. The van der Waals surface area contributed by atoms with Gasteiger partial charge in [-0.25, -0.2) is 0 Å². The summed E-state index contributed by atoms with van der Waals surface area (Å²) >= 11 is 12.3. The van der Waals surface area contributed by atoms with Crippen molar-refractivity contribution in [1.29, 1.82) is 5.26 Å². The highest BCUT2D eigenvalue weighted by Crippen LogP contribution is 2.34. The highest BCUT2D eigenvalue weighted by atomic mass is 35.5. The van der Waals surface area contributed by atoms with Crippen molar-refractivity contribution in [3.05, 3.63) is 63.6 Å². The van der Waals surface area contributed by atoms with Crippen LogP contribution in [0.25, 0.3) is 6.08 Å². The van der Waals surface area contributed by atoms with Crippen LogP contribution >= 0.6 is 23.2 Å². The number of rotatable bonds is 4. The Balaban J connectivity index is 1.73. The van der Waals surface area contributed by atoms with Crippen molar-refractivity contribution in [3.8, 4) is 11.8 Å². The quantitative estimate of drug-likeness (QED) is 0.552. The Morgan fingerprint density at radius 1 is 1.11 bits per heavy atom. The fraction of sp³-hybridized carbons (Fsp3) is 0.238. The molecule has 0 atom stereocenters. The van der Waals surface area contributed by atoms with Crippen molar-refractivity contribution in [2.45, 2.75) is 0 Å². The van der Waals surface area contributed by atoms with Crippen molar-refractivity contribution in [2.24, 2.45) is 0 Å². The number of hydrogen-bond donors (Lipinski definition) is 0. The Kier molecular flexibility index (Phi) is 6.45. The van der Waals surface area contributed by atoms with Crippen LogP contribution in [0.15, 0.2) is 48.0 Å². The summed E-state index contributed by atoms with van der Waals surface area (Å²) in [5.74, 6) is 0.0700. The van der Waals surface area contributed by atoms with Gasteiger partial charge in [-0.2, -0.15) is 5.26 Å². The molecule has 1 aliphatic rings. The number of nitrogens with zero attached hydrogens (tertiary/aromatic N) is 3. The molecule has 7 heteroatoms. The van der Waals surface area contributed by atoms with E-state index in [1.165, 1.54) is 13.2 Å². The molecule has 0 spiro atoms. The molecule has 5 nitrogen and oxygen atoms in total. The van der Waals surface area contributed by atoms with Gasteiger partial charge in [0.1, 0.15) is 11.6 Å². The lowest BCUT2D eigenvalue weighted by molar-refractivity contribution is -0.126. The zero-order chi connectivity index (χ0) is 20.1. The summed E-state index contributed by atoms with van der Waals surface area (Å²) in [5.41, 5.74) is 1.75. The summed E-state index contributed by atoms with van der Waals surface area (Å²) in [6.07, 6.45) is 1.50. The van der Waals surface area contributed by atoms with Crippen LogP contribution in [0.5, 0.6) is 5.75 Å². The first kappa shape index (κ1) is 20.1. The summed E-state index contributed by atoms with van der Waals surface area (Å²) < 4.78 is 5.12. The lowest BCUT2D eigenvalue weighted by Crippen LogP contribution is -2.49. The molecule has 28 heavy (non-hydrogen) atoms. The molecule has 0 unspecified atom stereocenters. The Morgan fingerprint density at radius 2 is 1.71 bits per heavy atom. The van der Waals surface area contributed by atoms with E-state index in [9.17, 15) is 10.1 Å². The van der Waals surface area contributed by atoms with E-state index < -0.39 is 0 Å². The van der Waals surface area contributed by atoms with Crippen molar-refractivity contribution in [3.63, 3.8) is 0 Å². The maximum absolute atomic E-state index is 12.8. The minimum Gasteiger partial charge on any atom is -0.494 e. The molecule has 2 aromatic carbocycles. The molecule has 0 aromatic heterocycles. The molecule has 0 N–H and O–H groups in total. The Labute approximate surface area is 174 Å². The van der Waals surface area contributed by atoms with Crippen molar-refractivity contribution >= 4 is 40.9 Å². The molecule has 1 amide bonds. The van der Waals surface area contributed by atoms with E-state index in [4.69, 9.17) is 27.9 Å². The molecule has 3 rings (SSSR count). The molecule has 2 aromatic rings. The van der Waals surface area contributed by atoms with Gasteiger partial charge in [-0.05, 0) is 35.9 Å². The number of hydrogen-bond acceptors (Lipinski definition) is 4. The molecule has 1 saturated heterocycles. The predicted octanol–water partition coefficient (Wildman–Crippen LogP) is 4.26. The summed E-state index contributed by atoms with van der Waals surface area (Å²) in [6, 6.07) is 15.3. The molecule has 0 aliphatic carbocycles. The van der Waals surface area contributed by atoms with Gasteiger partial charge in [-0.1, -0.05) is 41.4 Å². The molecule has 0 radical (unpaired) electrons. The van der Waals surface area contributed by atoms with Crippen molar-refractivity contribution < 1.29 is 9.53 Å². The number of carbonyl (C=O) groups excluding carboxylic acids is 1. The molecule has 144 valence electrons. The smallest absolute Gasteiger partial charge is 0.264 e. The summed E-state index contributed by atoms with van der Waals surface area (Å²) in [7, 11) is 1.47. The van der Waals surface area contributed by atoms with E-state index in [1.54, 1.807) is 17.0 Å². The van der Waals surface area contributed by atoms with Crippen LogP contribution in [-0.4, -0.2) is 44.1 Å². The number of ether oxygens (including phenoxy) is 1. The van der Waals surface area contributed by atoms with Gasteiger partial charge in [0.05, 0.1) is 17.2 Å². The number of para-hydroxylation sites is 1. The highest BCUT2D eigenvalue weighted by Gasteiger charge is 2.24. The molecule has 1 fully saturated rings. The van der Waals surface area contributed by atoms with Gasteiger partial charge < -0.3 is 14.5 Å². The number of benzene rings is 2. The van der Waals surface area contributed by atoms with Crippen LogP contribution in [-0.2, 0) is 4.79 Å². The molecule has 0 bridgehead atoms. The zero-order valence-electron chi connectivity index (χ0n) is 15.4. The number of anilines is 1. The lowest BCUT2D eigenvalue weighted by atomic mass is 10.1.